The topological polar surface area (TPSA) is 54.2 Å². The normalized spacial score (nSPS) is 14.9. The van der Waals surface area contributed by atoms with E-state index in [1.807, 2.05) is 60.7 Å². The lowest BCUT2D eigenvalue weighted by Gasteiger charge is -2.13. The number of aromatic nitrogens is 2. The minimum atomic E-state index is -0.256. The van der Waals surface area contributed by atoms with Crippen LogP contribution >= 0.6 is 39.3 Å². The van der Waals surface area contributed by atoms with E-state index in [0.717, 1.165) is 54.4 Å². The van der Waals surface area contributed by atoms with Crippen LogP contribution < -0.4 is 10.7 Å². The van der Waals surface area contributed by atoms with Crippen molar-refractivity contribution in [3.63, 3.8) is 0 Å². The Morgan fingerprint density at radius 2 is 1.79 bits per heavy atom. The molecule has 0 saturated carbocycles. The third-order valence-corrected chi connectivity index (χ3v) is 8.97. The molecule has 212 valence electrons. The molecule has 2 N–H and O–H groups in total. The number of benzene rings is 4. The van der Waals surface area contributed by atoms with Crippen LogP contribution in [-0.4, -0.2) is 21.3 Å². The lowest BCUT2D eigenvalue weighted by molar-refractivity contribution is 0.626. The van der Waals surface area contributed by atoms with Crippen molar-refractivity contribution in [1.29, 1.82) is 0 Å². The van der Waals surface area contributed by atoms with Crippen molar-refractivity contribution in [2.75, 3.05) is 0 Å². The molecule has 2 aromatic heterocycles. The van der Waals surface area contributed by atoms with Gasteiger partial charge in [0.05, 0.1) is 33.8 Å². The fourth-order valence-corrected chi connectivity index (χ4v) is 6.74. The maximum Gasteiger partial charge on any atom is 0.165 e. The Morgan fingerprint density at radius 3 is 2.63 bits per heavy atom. The molecule has 9 heteroatoms. The molecule has 0 saturated heterocycles. The Morgan fingerprint density at radius 1 is 0.977 bits per heavy atom. The molecule has 1 unspecified atom stereocenters. The van der Waals surface area contributed by atoms with E-state index < -0.39 is 0 Å². The van der Waals surface area contributed by atoms with Crippen LogP contribution in [0.3, 0.4) is 0 Å². The molecular formula is C34H24BrClFN5S. The molecule has 0 amide bonds. The monoisotopic (exact) mass is 667 g/mol. The molecule has 0 spiro atoms. The molecule has 3 heterocycles. The minimum Gasteiger partial charge on any atom is -0.355 e. The van der Waals surface area contributed by atoms with Crippen molar-refractivity contribution < 1.29 is 4.39 Å². The number of hydrazone groups is 1. The van der Waals surface area contributed by atoms with Crippen molar-refractivity contribution in [3.8, 4) is 11.3 Å². The van der Waals surface area contributed by atoms with Gasteiger partial charge >= 0.3 is 0 Å². The maximum atomic E-state index is 13.7. The highest BCUT2D eigenvalue weighted by Crippen LogP contribution is 2.38. The summed E-state index contributed by atoms with van der Waals surface area (Å²) in [5.74, 6) is -0.256. The highest BCUT2D eigenvalue weighted by molar-refractivity contribution is 9.10. The first kappa shape index (κ1) is 27.7. The quantitative estimate of drug-likeness (QED) is 0.132. The molecule has 7 rings (SSSR count). The van der Waals surface area contributed by atoms with E-state index in [0.29, 0.717) is 17.3 Å². The Bertz CT molecular complexity index is 2040. The number of thioether (sulfide) groups is 1. The lowest BCUT2D eigenvalue weighted by atomic mass is 10.1. The van der Waals surface area contributed by atoms with Gasteiger partial charge in [0.1, 0.15) is 5.82 Å². The second-order valence-electron chi connectivity index (χ2n) is 10.1. The summed E-state index contributed by atoms with van der Waals surface area (Å²) < 4.78 is 17.0. The van der Waals surface area contributed by atoms with Gasteiger partial charge in [-0.1, -0.05) is 100.0 Å². The van der Waals surface area contributed by atoms with E-state index in [9.17, 15) is 4.39 Å². The molecule has 0 bridgehead atoms. The SMILES string of the molecule is Fc1ccc(Cn2c3ccccc3c3cc(/C=N/NC4NC(c5cccc(Br)c5)=CS4)nc(-c4ccccc4Cl)c32)cc1. The summed E-state index contributed by atoms with van der Waals surface area (Å²) >= 11 is 11.9. The number of nitrogens with zero attached hydrogens (tertiary/aromatic N) is 3. The zero-order valence-corrected chi connectivity index (χ0v) is 25.8. The summed E-state index contributed by atoms with van der Waals surface area (Å²) in [6, 6.07) is 32.9. The van der Waals surface area contributed by atoms with Crippen molar-refractivity contribution in [3.05, 3.63) is 141 Å². The lowest BCUT2D eigenvalue weighted by Crippen LogP contribution is -2.31. The smallest absolute Gasteiger partial charge is 0.165 e. The molecule has 4 aromatic carbocycles. The standard InChI is InChI=1S/C34H24BrClFN5S/c35-23-7-5-6-22(16-23)30-20-43-34(40-30)41-38-18-25-17-28-26-8-2-4-11-31(26)42(19-21-12-14-24(37)15-13-21)33(28)32(39-25)27-9-1-3-10-29(27)36/h1-18,20,34,40-41H,19H2/b38-18+. The fraction of sp³-hybridized carbons (Fsp3) is 0.0588. The predicted octanol–water partition coefficient (Wildman–Crippen LogP) is 9.00. The Hall–Kier alpha value is -4.11. The summed E-state index contributed by atoms with van der Waals surface area (Å²) in [5.41, 5.74) is 10.5. The molecule has 1 aliphatic rings. The number of fused-ring (bicyclic) bond motifs is 3. The molecule has 43 heavy (non-hydrogen) atoms. The fourth-order valence-electron chi connectivity index (χ4n) is 5.32. The number of hydrogen-bond acceptors (Lipinski definition) is 5. The molecule has 0 aliphatic carbocycles. The zero-order chi connectivity index (χ0) is 29.3. The number of halogens is 3. The average molecular weight is 669 g/mol. The zero-order valence-electron chi connectivity index (χ0n) is 22.6. The van der Waals surface area contributed by atoms with Gasteiger partial charge in [-0.3, -0.25) is 5.43 Å². The number of hydrogen-bond donors (Lipinski definition) is 2. The largest absolute Gasteiger partial charge is 0.355 e. The van der Waals surface area contributed by atoms with Crippen LogP contribution in [0.25, 0.3) is 38.8 Å². The first-order valence-corrected chi connectivity index (χ1v) is 15.7. The third kappa shape index (κ3) is 5.66. The van der Waals surface area contributed by atoms with Crippen LogP contribution in [0.5, 0.6) is 0 Å². The van der Waals surface area contributed by atoms with E-state index in [1.54, 1.807) is 18.0 Å². The third-order valence-electron chi connectivity index (χ3n) is 7.28. The second-order valence-corrected chi connectivity index (χ2v) is 12.4. The van der Waals surface area contributed by atoms with Crippen LogP contribution in [0.15, 0.2) is 118 Å². The molecule has 1 aliphatic heterocycles. The van der Waals surface area contributed by atoms with E-state index in [1.165, 1.54) is 12.1 Å². The molecule has 0 radical (unpaired) electrons. The first-order chi connectivity index (χ1) is 21.0. The molecule has 0 fully saturated rings. The molecule has 1 atom stereocenters. The Labute approximate surface area is 265 Å². The van der Waals surface area contributed by atoms with Gasteiger partial charge in [-0.05, 0) is 59.0 Å². The van der Waals surface area contributed by atoms with Gasteiger partial charge in [0.15, 0.2) is 5.50 Å². The van der Waals surface area contributed by atoms with Gasteiger partial charge < -0.3 is 9.88 Å². The van der Waals surface area contributed by atoms with Gasteiger partial charge in [-0.15, -0.1) is 0 Å². The second kappa shape index (κ2) is 11.9. The van der Waals surface area contributed by atoms with Gasteiger partial charge in [-0.25, -0.2) is 9.37 Å². The van der Waals surface area contributed by atoms with Gasteiger partial charge in [0.2, 0.25) is 0 Å². The first-order valence-electron chi connectivity index (χ1n) is 13.6. The number of para-hydroxylation sites is 1. The van der Waals surface area contributed by atoms with Crippen LogP contribution in [0.1, 0.15) is 16.8 Å². The highest BCUT2D eigenvalue weighted by Gasteiger charge is 2.20. The van der Waals surface area contributed by atoms with Crippen LogP contribution in [-0.2, 0) is 6.54 Å². The predicted molar refractivity (Wildman–Crippen MR) is 181 cm³/mol. The van der Waals surface area contributed by atoms with Crippen molar-refractivity contribution in [2.24, 2.45) is 5.10 Å². The summed E-state index contributed by atoms with van der Waals surface area (Å²) in [4.78, 5) is 5.08. The van der Waals surface area contributed by atoms with Crippen LogP contribution in [0, 0.1) is 5.82 Å². The van der Waals surface area contributed by atoms with Crippen molar-refractivity contribution >= 4 is 73.0 Å². The van der Waals surface area contributed by atoms with E-state index in [4.69, 9.17) is 16.6 Å². The van der Waals surface area contributed by atoms with E-state index >= 15 is 0 Å². The Kier molecular flexibility index (Phi) is 7.65. The van der Waals surface area contributed by atoms with E-state index in [-0.39, 0.29) is 11.3 Å². The van der Waals surface area contributed by atoms with Crippen molar-refractivity contribution in [2.45, 2.75) is 12.0 Å². The maximum absolute atomic E-state index is 13.7. The highest BCUT2D eigenvalue weighted by atomic mass is 79.9. The van der Waals surface area contributed by atoms with Crippen LogP contribution in [0.4, 0.5) is 4.39 Å². The number of pyridine rings is 1. The van der Waals surface area contributed by atoms with Gasteiger partial charge in [0, 0.05) is 32.9 Å². The number of nitrogens with one attached hydrogen (secondary N) is 2. The molecule has 5 nitrogen and oxygen atoms in total. The van der Waals surface area contributed by atoms with Crippen molar-refractivity contribution in [1.82, 2.24) is 20.3 Å². The summed E-state index contributed by atoms with van der Waals surface area (Å²) in [7, 11) is 0. The number of rotatable bonds is 7. The van der Waals surface area contributed by atoms with Gasteiger partial charge in [0.25, 0.3) is 0 Å². The minimum absolute atomic E-state index is 0.116. The molecular weight excluding hydrogens is 645 g/mol. The average Bonchev–Trinajstić information content (AvgIpc) is 3.62. The van der Waals surface area contributed by atoms with Crippen LogP contribution in [0.2, 0.25) is 5.02 Å². The Balaban J connectivity index is 1.27. The van der Waals surface area contributed by atoms with Gasteiger partial charge in [-0.2, -0.15) is 5.10 Å². The summed E-state index contributed by atoms with van der Waals surface area (Å²) in [6.07, 6.45) is 1.74. The summed E-state index contributed by atoms with van der Waals surface area (Å²) in [6.45, 7) is 0.552. The van der Waals surface area contributed by atoms with E-state index in [2.05, 4.69) is 72.1 Å². The molecule has 6 aromatic rings. The summed E-state index contributed by atoms with van der Waals surface area (Å²) in [5, 5.41) is 12.8.